The lowest BCUT2D eigenvalue weighted by Crippen LogP contribution is -2.35. The predicted octanol–water partition coefficient (Wildman–Crippen LogP) is 0.871. The zero-order chi connectivity index (χ0) is 11.8. The molecule has 0 aromatic rings. The first-order valence-electron chi connectivity index (χ1n) is 6.26. The van der Waals surface area contributed by atoms with E-state index in [1.165, 1.54) is 0 Å². The van der Waals surface area contributed by atoms with Gasteiger partial charge >= 0.3 is 0 Å². The Bertz CT molecular complexity index is 203. The average molecular weight is 228 g/mol. The third-order valence-electron chi connectivity index (χ3n) is 3.06. The molecule has 1 aliphatic heterocycles. The van der Waals surface area contributed by atoms with Crippen LogP contribution in [-0.2, 0) is 9.53 Å². The molecule has 0 aromatic heterocycles. The summed E-state index contributed by atoms with van der Waals surface area (Å²) in [5, 5.41) is 3.17. The van der Waals surface area contributed by atoms with E-state index in [9.17, 15) is 4.79 Å². The van der Waals surface area contributed by atoms with E-state index in [0.717, 1.165) is 45.7 Å². The van der Waals surface area contributed by atoms with Crippen LogP contribution < -0.4 is 5.32 Å². The van der Waals surface area contributed by atoms with Gasteiger partial charge in [-0.15, -0.1) is 0 Å². The fourth-order valence-electron chi connectivity index (χ4n) is 1.98. The smallest absolute Gasteiger partial charge is 0.223 e. The van der Waals surface area contributed by atoms with Crippen LogP contribution in [0.25, 0.3) is 0 Å². The molecule has 0 aromatic carbocycles. The Morgan fingerprint density at radius 1 is 1.44 bits per heavy atom. The van der Waals surface area contributed by atoms with E-state index in [1.54, 1.807) is 0 Å². The molecule has 0 unspecified atom stereocenters. The number of hydrogen-bond donors (Lipinski definition) is 1. The van der Waals surface area contributed by atoms with E-state index < -0.39 is 0 Å². The Morgan fingerprint density at radius 2 is 2.12 bits per heavy atom. The molecule has 94 valence electrons. The summed E-state index contributed by atoms with van der Waals surface area (Å²) < 4.78 is 5.31. The fourth-order valence-corrected chi connectivity index (χ4v) is 1.98. The van der Waals surface area contributed by atoms with Crippen molar-refractivity contribution in [3.8, 4) is 0 Å². The Labute approximate surface area is 98.3 Å². The molecule has 16 heavy (non-hydrogen) atoms. The maximum atomic E-state index is 11.7. The molecule has 0 aliphatic carbocycles. The van der Waals surface area contributed by atoms with Crippen molar-refractivity contribution in [3.05, 3.63) is 0 Å². The van der Waals surface area contributed by atoms with Gasteiger partial charge in [-0.3, -0.25) is 4.79 Å². The molecule has 0 atom stereocenters. The maximum Gasteiger partial charge on any atom is 0.223 e. The summed E-state index contributed by atoms with van der Waals surface area (Å²) in [5.41, 5.74) is 0. The molecule has 1 amide bonds. The lowest BCUT2D eigenvalue weighted by atomic mass is 10.00. The number of nitrogens with one attached hydrogen (secondary N) is 1. The van der Waals surface area contributed by atoms with E-state index in [4.69, 9.17) is 4.74 Å². The molecule has 1 rings (SSSR count). The summed E-state index contributed by atoms with van der Waals surface area (Å²) in [6, 6.07) is 0. The molecule has 1 heterocycles. The van der Waals surface area contributed by atoms with Crippen molar-refractivity contribution in [3.63, 3.8) is 0 Å². The summed E-state index contributed by atoms with van der Waals surface area (Å²) in [7, 11) is 1.91. The molecule has 4 nitrogen and oxygen atoms in total. The van der Waals surface area contributed by atoms with Crippen LogP contribution in [0.1, 0.15) is 26.2 Å². The number of carbonyl (C=O) groups is 1. The van der Waals surface area contributed by atoms with Crippen LogP contribution in [0.15, 0.2) is 0 Å². The average Bonchev–Trinajstić information content (AvgIpc) is 2.30. The molecule has 0 spiro atoms. The van der Waals surface area contributed by atoms with Gasteiger partial charge in [0.25, 0.3) is 0 Å². The maximum absolute atomic E-state index is 11.7. The Balaban J connectivity index is 2.16. The van der Waals surface area contributed by atoms with Crippen LogP contribution >= 0.6 is 0 Å². The zero-order valence-electron chi connectivity index (χ0n) is 10.5. The summed E-state index contributed by atoms with van der Waals surface area (Å²) >= 11 is 0. The summed E-state index contributed by atoms with van der Waals surface area (Å²) in [6.45, 7) is 6.35. The predicted molar refractivity (Wildman–Crippen MR) is 64.3 cm³/mol. The second-order valence-electron chi connectivity index (χ2n) is 4.43. The van der Waals surface area contributed by atoms with E-state index in [0.29, 0.717) is 12.3 Å². The number of carbonyl (C=O) groups excluding carboxylic acids is 1. The Kier molecular flexibility index (Phi) is 6.42. The van der Waals surface area contributed by atoms with Crippen LogP contribution in [0.3, 0.4) is 0 Å². The van der Waals surface area contributed by atoms with E-state index >= 15 is 0 Å². The number of amides is 1. The van der Waals surface area contributed by atoms with Crippen LogP contribution in [0.2, 0.25) is 0 Å². The minimum absolute atomic E-state index is 0.243. The van der Waals surface area contributed by atoms with Crippen molar-refractivity contribution in [2.24, 2.45) is 5.92 Å². The van der Waals surface area contributed by atoms with Gasteiger partial charge in [0.05, 0.1) is 0 Å². The largest absolute Gasteiger partial charge is 0.381 e. The van der Waals surface area contributed by atoms with Crippen molar-refractivity contribution in [2.75, 3.05) is 39.9 Å². The minimum Gasteiger partial charge on any atom is -0.381 e. The van der Waals surface area contributed by atoms with Gasteiger partial charge in [-0.2, -0.15) is 0 Å². The lowest BCUT2D eigenvalue weighted by molar-refractivity contribution is -0.130. The summed E-state index contributed by atoms with van der Waals surface area (Å²) in [4.78, 5) is 13.6. The van der Waals surface area contributed by atoms with Gasteiger partial charge in [-0.1, -0.05) is 6.92 Å². The monoisotopic (exact) mass is 228 g/mol. The van der Waals surface area contributed by atoms with Gasteiger partial charge in [-0.05, 0) is 25.3 Å². The van der Waals surface area contributed by atoms with Gasteiger partial charge < -0.3 is 15.0 Å². The highest BCUT2D eigenvalue weighted by Crippen LogP contribution is 2.15. The SMILES string of the molecule is CCNCCC(=O)N(C)CC1CCOCC1. The first-order chi connectivity index (χ1) is 7.74. The summed E-state index contributed by atoms with van der Waals surface area (Å²) in [6.07, 6.45) is 2.78. The van der Waals surface area contributed by atoms with Gasteiger partial charge in [0.1, 0.15) is 0 Å². The highest BCUT2D eigenvalue weighted by molar-refractivity contribution is 5.76. The third-order valence-corrected chi connectivity index (χ3v) is 3.06. The molecular formula is C12H24N2O2. The molecule has 1 fully saturated rings. The second-order valence-corrected chi connectivity index (χ2v) is 4.43. The van der Waals surface area contributed by atoms with Crippen LogP contribution in [-0.4, -0.2) is 50.7 Å². The molecule has 0 bridgehead atoms. The quantitative estimate of drug-likeness (QED) is 0.686. The molecule has 1 saturated heterocycles. The van der Waals surface area contributed by atoms with Crippen molar-refractivity contribution in [2.45, 2.75) is 26.2 Å². The number of hydrogen-bond acceptors (Lipinski definition) is 3. The molecule has 0 saturated carbocycles. The van der Waals surface area contributed by atoms with E-state index in [-0.39, 0.29) is 5.91 Å². The molecular weight excluding hydrogens is 204 g/mol. The topological polar surface area (TPSA) is 41.6 Å². The number of rotatable bonds is 6. The van der Waals surface area contributed by atoms with Gasteiger partial charge in [-0.25, -0.2) is 0 Å². The first kappa shape index (κ1) is 13.5. The van der Waals surface area contributed by atoms with Gasteiger partial charge in [0, 0.05) is 39.8 Å². The van der Waals surface area contributed by atoms with E-state index in [2.05, 4.69) is 12.2 Å². The van der Waals surface area contributed by atoms with Crippen molar-refractivity contribution in [1.82, 2.24) is 10.2 Å². The van der Waals surface area contributed by atoms with Crippen LogP contribution in [0.5, 0.6) is 0 Å². The van der Waals surface area contributed by atoms with Gasteiger partial charge in [0.2, 0.25) is 5.91 Å². The van der Waals surface area contributed by atoms with Crippen molar-refractivity contribution < 1.29 is 9.53 Å². The summed E-state index contributed by atoms with van der Waals surface area (Å²) in [5.74, 6) is 0.870. The lowest BCUT2D eigenvalue weighted by Gasteiger charge is -2.27. The zero-order valence-corrected chi connectivity index (χ0v) is 10.5. The van der Waals surface area contributed by atoms with Crippen molar-refractivity contribution in [1.29, 1.82) is 0 Å². The third kappa shape index (κ3) is 4.94. The normalized spacial score (nSPS) is 17.4. The van der Waals surface area contributed by atoms with Crippen LogP contribution in [0, 0.1) is 5.92 Å². The fraction of sp³-hybridized carbons (Fsp3) is 0.917. The first-order valence-corrected chi connectivity index (χ1v) is 6.26. The highest BCUT2D eigenvalue weighted by Gasteiger charge is 2.18. The van der Waals surface area contributed by atoms with Gasteiger partial charge in [0.15, 0.2) is 0 Å². The van der Waals surface area contributed by atoms with E-state index in [1.807, 2.05) is 11.9 Å². The molecule has 1 N–H and O–H groups in total. The van der Waals surface area contributed by atoms with Crippen molar-refractivity contribution >= 4 is 5.91 Å². The molecule has 0 radical (unpaired) electrons. The minimum atomic E-state index is 0.243. The highest BCUT2D eigenvalue weighted by atomic mass is 16.5. The second kappa shape index (κ2) is 7.63. The Morgan fingerprint density at radius 3 is 2.75 bits per heavy atom. The molecule has 4 heteroatoms. The number of nitrogens with zero attached hydrogens (tertiary/aromatic N) is 1. The number of ether oxygens (including phenoxy) is 1. The van der Waals surface area contributed by atoms with Crippen LogP contribution in [0.4, 0.5) is 0 Å². The Hall–Kier alpha value is -0.610. The molecule has 1 aliphatic rings. The standard InChI is InChI=1S/C12H24N2O2/c1-3-13-7-4-12(15)14(2)10-11-5-8-16-9-6-11/h11,13H,3-10H2,1-2H3.